The number of carbonyl (C=O) groups is 1. The maximum Gasteiger partial charge on any atom is 0.223 e. The minimum atomic E-state index is 0.130. The number of carbonyl (C=O) groups excluding carboxylic acids is 1. The van der Waals surface area contributed by atoms with Crippen LogP contribution in [0.2, 0.25) is 0 Å². The number of fused-ring (bicyclic) bond motifs is 1. The van der Waals surface area contributed by atoms with E-state index in [1.165, 1.54) is 23.8 Å². The van der Waals surface area contributed by atoms with Gasteiger partial charge in [0.1, 0.15) is 0 Å². The summed E-state index contributed by atoms with van der Waals surface area (Å²) in [7, 11) is 0. The van der Waals surface area contributed by atoms with E-state index in [4.69, 9.17) is 4.74 Å². The van der Waals surface area contributed by atoms with Crippen molar-refractivity contribution in [1.29, 1.82) is 0 Å². The highest BCUT2D eigenvalue weighted by molar-refractivity contribution is 5.82. The van der Waals surface area contributed by atoms with E-state index in [2.05, 4.69) is 28.5 Å². The van der Waals surface area contributed by atoms with Crippen LogP contribution in [0.3, 0.4) is 0 Å². The van der Waals surface area contributed by atoms with Gasteiger partial charge < -0.3 is 10.1 Å². The molecule has 0 bridgehead atoms. The lowest BCUT2D eigenvalue weighted by atomic mass is 9.92. The molecule has 4 rings (SSSR count). The van der Waals surface area contributed by atoms with Crippen molar-refractivity contribution >= 4 is 16.8 Å². The van der Waals surface area contributed by atoms with Gasteiger partial charge in [-0.3, -0.25) is 9.78 Å². The van der Waals surface area contributed by atoms with Gasteiger partial charge in [-0.2, -0.15) is 0 Å². The van der Waals surface area contributed by atoms with Gasteiger partial charge in [0.15, 0.2) is 0 Å². The van der Waals surface area contributed by atoms with Gasteiger partial charge >= 0.3 is 0 Å². The number of rotatable bonds is 4. The van der Waals surface area contributed by atoms with E-state index in [1.807, 2.05) is 18.3 Å². The smallest absolute Gasteiger partial charge is 0.223 e. The average molecular weight is 324 g/mol. The molecule has 126 valence electrons. The molecule has 1 amide bonds. The summed E-state index contributed by atoms with van der Waals surface area (Å²) in [6.07, 6.45) is 7.24. The van der Waals surface area contributed by atoms with Crippen molar-refractivity contribution in [1.82, 2.24) is 10.3 Å². The highest BCUT2D eigenvalue weighted by Gasteiger charge is 2.32. The third-order valence-corrected chi connectivity index (χ3v) is 5.47. The number of benzene rings is 1. The monoisotopic (exact) mass is 324 g/mol. The number of ether oxygens (including phenoxy) is 1. The first-order valence-electron chi connectivity index (χ1n) is 9.02. The molecule has 1 aromatic heterocycles. The van der Waals surface area contributed by atoms with Crippen molar-refractivity contribution in [2.24, 2.45) is 11.8 Å². The summed E-state index contributed by atoms with van der Waals surface area (Å²) >= 11 is 0. The molecular formula is C20H24N2O2. The van der Waals surface area contributed by atoms with E-state index >= 15 is 0 Å². The van der Waals surface area contributed by atoms with E-state index in [9.17, 15) is 4.79 Å². The first kappa shape index (κ1) is 15.6. The molecule has 2 fully saturated rings. The van der Waals surface area contributed by atoms with Gasteiger partial charge in [-0.15, -0.1) is 0 Å². The fraction of sp³-hybridized carbons (Fsp3) is 0.500. The molecule has 1 saturated carbocycles. The quantitative estimate of drug-likeness (QED) is 0.940. The average Bonchev–Trinajstić information content (AvgIpc) is 3.28. The minimum Gasteiger partial charge on any atom is -0.379 e. The number of nitrogens with one attached hydrogen (secondary N) is 1. The molecule has 0 radical (unpaired) electrons. The highest BCUT2D eigenvalue weighted by atomic mass is 16.5. The third-order valence-electron chi connectivity index (χ3n) is 5.47. The third kappa shape index (κ3) is 3.16. The molecule has 24 heavy (non-hydrogen) atoms. The van der Waals surface area contributed by atoms with Gasteiger partial charge in [-0.25, -0.2) is 0 Å². The molecule has 0 unspecified atom stereocenters. The molecule has 4 heteroatoms. The Bertz CT molecular complexity index is 719. The molecule has 2 atom stereocenters. The van der Waals surface area contributed by atoms with Crippen molar-refractivity contribution in [3.63, 3.8) is 0 Å². The molecular weight excluding hydrogens is 300 g/mol. The van der Waals surface area contributed by atoms with Gasteiger partial charge in [0.05, 0.1) is 24.8 Å². The summed E-state index contributed by atoms with van der Waals surface area (Å²) in [5.74, 6) is 0.779. The second kappa shape index (κ2) is 6.89. The lowest BCUT2D eigenvalue weighted by molar-refractivity contribution is -0.125. The Morgan fingerprint density at radius 3 is 2.88 bits per heavy atom. The van der Waals surface area contributed by atoms with E-state index < -0.39 is 0 Å². The Morgan fingerprint density at radius 1 is 1.17 bits per heavy atom. The van der Waals surface area contributed by atoms with Crippen LogP contribution in [0, 0.1) is 11.8 Å². The fourth-order valence-corrected chi connectivity index (χ4v) is 4.06. The number of amides is 1. The minimum absolute atomic E-state index is 0.130. The standard InChI is InChI=1S/C20H24N2O2/c23-20(14-5-1-2-6-14)22-19-13-24-12-16(19)11-15-9-10-21-18-8-4-3-7-17(15)18/h3-4,7-10,14,16,19H,1-2,5-6,11-13H2,(H,22,23)/t16-,19+/m1/s1. The van der Waals surface area contributed by atoms with Crippen LogP contribution in [0.4, 0.5) is 0 Å². The summed E-state index contributed by atoms with van der Waals surface area (Å²) in [4.78, 5) is 16.9. The van der Waals surface area contributed by atoms with Crippen LogP contribution in [-0.4, -0.2) is 30.1 Å². The van der Waals surface area contributed by atoms with Crippen LogP contribution in [0.25, 0.3) is 10.9 Å². The van der Waals surface area contributed by atoms with Crippen LogP contribution in [0.1, 0.15) is 31.2 Å². The molecule has 1 aliphatic carbocycles. The molecule has 4 nitrogen and oxygen atoms in total. The van der Waals surface area contributed by atoms with Gasteiger partial charge in [-0.1, -0.05) is 31.0 Å². The van der Waals surface area contributed by atoms with Crippen LogP contribution < -0.4 is 5.32 Å². The lowest BCUT2D eigenvalue weighted by Crippen LogP contribution is -2.43. The van der Waals surface area contributed by atoms with E-state index in [0.717, 1.165) is 24.8 Å². The highest BCUT2D eigenvalue weighted by Crippen LogP contribution is 2.27. The van der Waals surface area contributed by atoms with E-state index in [0.29, 0.717) is 19.1 Å². The van der Waals surface area contributed by atoms with Crippen LogP contribution in [0.15, 0.2) is 36.5 Å². The van der Waals surface area contributed by atoms with Crippen LogP contribution >= 0.6 is 0 Å². The predicted molar refractivity (Wildman–Crippen MR) is 93.6 cm³/mol. The van der Waals surface area contributed by atoms with Gasteiger partial charge in [-0.05, 0) is 37.0 Å². The first-order chi connectivity index (χ1) is 11.8. The second-order valence-electron chi connectivity index (χ2n) is 7.09. The number of para-hydroxylation sites is 1. The Hall–Kier alpha value is -1.94. The van der Waals surface area contributed by atoms with Gasteiger partial charge in [0.25, 0.3) is 0 Å². The molecule has 0 spiro atoms. The summed E-state index contributed by atoms with van der Waals surface area (Å²) in [6.45, 7) is 1.35. The number of hydrogen-bond acceptors (Lipinski definition) is 3. The second-order valence-corrected chi connectivity index (χ2v) is 7.09. The Morgan fingerprint density at radius 2 is 2.00 bits per heavy atom. The molecule has 2 aliphatic rings. The predicted octanol–water partition coefficient (Wildman–Crippen LogP) is 3.10. The Labute approximate surface area is 142 Å². The van der Waals surface area contributed by atoms with Crippen molar-refractivity contribution in [2.75, 3.05) is 13.2 Å². The molecule has 1 N–H and O–H groups in total. The van der Waals surface area contributed by atoms with E-state index in [-0.39, 0.29) is 17.9 Å². The topological polar surface area (TPSA) is 51.2 Å². The molecule has 1 aliphatic heterocycles. The van der Waals surface area contributed by atoms with Crippen molar-refractivity contribution in [3.8, 4) is 0 Å². The maximum atomic E-state index is 12.4. The number of nitrogens with zero attached hydrogens (tertiary/aromatic N) is 1. The molecule has 1 saturated heterocycles. The molecule has 2 aromatic rings. The maximum absolute atomic E-state index is 12.4. The first-order valence-corrected chi connectivity index (χ1v) is 9.02. The normalized spacial score (nSPS) is 24.5. The zero-order valence-electron chi connectivity index (χ0n) is 13.9. The lowest BCUT2D eigenvalue weighted by Gasteiger charge is -2.21. The molecule has 2 heterocycles. The van der Waals surface area contributed by atoms with Crippen molar-refractivity contribution in [2.45, 2.75) is 38.1 Å². The number of aromatic nitrogens is 1. The summed E-state index contributed by atoms with van der Waals surface area (Å²) < 4.78 is 5.69. The van der Waals surface area contributed by atoms with E-state index in [1.54, 1.807) is 0 Å². The van der Waals surface area contributed by atoms with Gasteiger partial charge in [0.2, 0.25) is 5.91 Å². The Kier molecular flexibility index (Phi) is 4.48. The zero-order chi connectivity index (χ0) is 16.4. The van der Waals surface area contributed by atoms with Gasteiger partial charge in [0, 0.05) is 23.4 Å². The van der Waals surface area contributed by atoms with Crippen LogP contribution in [-0.2, 0) is 16.0 Å². The van der Waals surface area contributed by atoms with Crippen LogP contribution in [0.5, 0.6) is 0 Å². The number of hydrogen-bond donors (Lipinski definition) is 1. The largest absolute Gasteiger partial charge is 0.379 e. The van der Waals surface area contributed by atoms with Crippen molar-refractivity contribution in [3.05, 3.63) is 42.1 Å². The zero-order valence-corrected chi connectivity index (χ0v) is 13.9. The SMILES string of the molecule is O=C(N[C@H]1COC[C@H]1Cc1ccnc2ccccc12)C1CCCC1. The summed E-state index contributed by atoms with van der Waals surface area (Å²) in [5, 5.41) is 4.46. The summed E-state index contributed by atoms with van der Waals surface area (Å²) in [5.41, 5.74) is 2.32. The summed E-state index contributed by atoms with van der Waals surface area (Å²) in [6, 6.07) is 10.5. The number of pyridine rings is 1. The fourth-order valence-electron chi connectivity index (χ4n) is 4.06. The molecule has 1 aromatic carbocycles. The van der Waals surface area contributed by atoms with Crippen molar-refractivity contribution < 1.29 is 9.53 Å². The Balaban J connectivity index is 1.47.